The average molecular weight is 458 g/mol. The molecule has 2 aromatic carbocycles. The van der Waals surface area contributed by atoms with E-state index in [1.807, 2.05) is 11.8 Å². The van der Waals surface area contributed by atoms with Gasteiger partial charge in [-0.3, -0.25) is 0 Å². The molecule has 8 heteroatoms. The van der Waals surface area contributed by atoms with Gasteiger partial charge in [-0.1, -0.05) is 61.7 Å². The Morgan fingerprint density at radius 1 is 0.767 bits per heavy atom. The van der Waals surface area contributed by atoms with E-state index < -0.39 is 7.25 Å². The summed E-state index contributed by atoms with van der Waals surface area (Å²) in [7, 11) is -5.94. The van der Waals surface area contributed by atoms with Gasteiger partial charge in [0.1, 0.15) is 5.41 Å². The molecular weight excluding hydrogens is 431 g/mol. The van der Waals surface area contributed by atoms with Crippen LogP contribution in [-0.4, -0.2) is 19.0 Å². The first-order valence-corrected chi connectivity index (χ1v) is 12.2. The van der Waals surface area contributed by atoms with E-state index in [0.717, 1.165) is 6.42 Å². The van der Waals surface area contributed by atoms with Crippen LogP contribution in [0.1, 0.15) is 44.9 Å². The fourth-order valence-electron chi connectivity index (χ4n) is 3.06. The van der Waals surface area contributed by atoms with Gasteiger partial charge in [-0.2, -0.15) is 0 Å². The summed E-state index contributed by atoms with van der Waals surface area (Å²) >= 11 is 1.90. The summed E-state index contributed by atoms with van der Waals surface area (Å²) in [5.74, 6) is 0. The fourth-order valence-corrected chi connectivity index (χ4v) is 6.60. The van der Waals surface area contributed by atoms with Crippen molar-refractivity contribution in [2.24, 2.45) is 0 Å². The van der Waals surface area contributed by atoms with Crippen molar-refractivity contribution in [3.8, 4) is 0 Å². The smallest absolute Gasteiger partial charge is 0.418 e. The number of aliphatic hydroxyl groups is 1. The van der Waals surface area contributed by atoms with Crippen LogP contribution in [0, 0.1) is 0 Å². The monoisotopic (exact) mass is 458 g/mol. The Kier molecular flexibility index (Phi) is 10.9. The van der Waals surface area contributed by atoms with Crippen molar-refractivity contribution in [3.05, 3.63) is 60.0 Å². The highest BCUT2D eigenvalue weighted by molar-refractivity contribution is 8.05. The lowest BCUT2D eigenvalue weighted by molar-refractivity contribution is 0.282. The summed E-state index contributed by atoms with van der Waals surface area (Å²) in [6, 6.07) is 17.7. The molecule has 0 aliphatic carbocycles. The molecule has 0 amide bonds. The van der Waals surface area contributed by atoms with Gasteiger partial charge in [0.15, 0.2) is 9.79 Å². The second kappa shape index (κ2) is 13.1. The zero-order valence-electron chi connectivity index (χ0n) is 16.8. The average Bonchev–Trinajstić information content (AvgIpc) is 2.70. The number of allylic oxidation sites excluding steroid dienone is 1. The van der Waals surface area contributed by atoms with E-state index in [2.05, 4.69) is 60.0 Å². The lowest BCUT2D eigenvalue weighted by atomic mass is 10.1. The van der Waals surface area contributed by atoms with Crippen molar-refractivity contribution in [2.75, 3.05) is 6.61 Å². The maximum atomic E-state index is 9.75. The Balaban J connectivity index is 0.000000575. The van der Waals surface area contributed by atoms with Crippen LogP contribution in [0.25, 0.3) is 0 Å². The van der Waals surface area contributed by atoms with Crippen LogP contribution in [0.3, 0.4) is 0 Å². The zero-order chi connectivity index (χ0) is 21.8. The molecule has 3 rings (SSSR count). The Morgan fingerprint density at radius 2 is 1.23 bits per heavy atom. The highest BCUT2D eigenvalue weighted by atomic mass is 32.2. The molecule has 0 saturated carbocycles. The summed E-state index contributed by atoms with van der Waals surface area (Å²) in [5, 5.41) is 11.2. The summed E-state index contributed by atoms with van der Waals surface area (Å²) in [6.45, 7) is 0.340. The van der Waals surface area contributed by atoms with Gasteiger partial charge in [0, 0.05) is 6.61 Å². The molecule has 0 saturated heterocycles. The number of unbranched alkanes of at least 4 members (excludes halogenated alkanes) is 6. The molecule has 1 heterocycles. The first-order chi connectivity index (χ1) is 14.4. The third-order valence-corrected chi connectivity index (χ3v) is 7.94. The van der Waals surface area contributed by atoms with Crippen molar-refractivity contribution in [2.45, 2.75) is 64.5 Å². The molecule has 30 heavy (non-hydrogen) atoms. The van der Waals surface area contributed by atoms with E-state index >= 15 is 0 Å². The van der Waals surface area contributed by atoms with Crippen LogP contribution in [0.2, 0.25) is 0 Å². The maximum Gasteiger partial charge on any atom is 0.673 e. The van der Waals surface area contributed by atoms with E-state index in [9.17, 15) is 17.3 Å². The van der Waals surface area contributed by atoms with Gasteiger partial charge in [0.2, 0.25) is 0 Å². The SMILES string of the molecule is F[B-](F)(F)F.OCCCCCCCCC=C[S+]1c2ccccc2Sc2ccccc21. The first kappa shape index (κ1) is 24.9. The number of hydrogen-bond acceptors (Lipinski definition) is 2. The minimum atomic E-state index is -6.00. The van der Waals surface area contributed by atoms with Crippen LogP contribution >= 0.6 is 11.8 Å². The minimum absolute atomic E-state index is 0.0648. The van der Waals surface area contributed by atoms with Crippen molar-refractivity contribution in [1.29, 1.82) is 0 Å². The molecule has 0 spiro atoms. The predicted octanol–water partition coefficient (Wildman–Crippen LogP) is 7.72. The summed E-state index contributed by atoms with van der Waals surface area (Å²) in [4.78, 5) is 5.73. The maximum absolute atomic E-state index is 9.75. The molecule has 0 fully saturated rings. The van der Waals surface area contributed by atoms with E-state index in [1.54, 1.807) is 0 Å². The second-order valence-corrected chi connectivity index (χ2v) is 9.74. The predicted molar refractivity (Wildman–Crippen MR) is 120 cm³/mol. The lowest BCUT2D eigenvalue weighted by Gasteiger charge is -2.16. The van der Waals surface area contributed by atoms with Crippen molar-refractivity contribution < 1.29 is 22.4 Å². The van der Waals surface area contributed by atoms with E-state index in [1.165, 1.54) is 58.1 Å². The van der Waals surface area contributed by atoms with Gasteiger partial charge in [0.25, 0.3) is 0 Å². The number of halogens is 4. The van der Waals surface area contributed by atoms with Gasteiger partial charge in [-0.25, -0.2) is 0 Å². The Morgan fingerprint density at radius 3 is 1.77 bits per heavy atom. The molecular formula is C22H27BF4OS2. The number of aliphatic hydroxyl groups excluding tert-OH is 1. The number of rotatable bonds is 9. The quantitative estimate of drug-likeness (QED) is 0.180. The standard InChI is InChI=1S/C22H27OS2.BF4/c23-17-11-5-3-1-2-4-6-12-18-25-21-15-9-7-13-19(21)24-20-14-8-10-16-22(20)25;2-1(3,4)5/h7-10,12-16,18,23H,1-6,11,17H2;/q+1;-1. The van der Waals surface area contributed by atoms with Gasteiger partial charge in [-0.15, -0.1) is 0 Å². The first-order valence-electron chi connectivity index (χ1n) is 10.1. The molecule has 1 N–H and O–H groups in total. The molecule has 1 aliphatic rings. The highest BCUT2D eigenvalue weighted by Gasteiger charge is 2.33. The molecule has 164 valence electrons. The van der Waals surface area contributed by atoms with Gasteiger partial charge in [-0.05, 0) is 49.6 Å². The highest BCUT2D eigenvalue weighted by Crippen LogP contribution is 2.45. The zero-order valence-corrected chi connectivity index (χ0v) is 18.4. The van der Waals surface area contributed by atoms with Crippen LogP contribution in [-0.2, 0) is 10.9 Å². The summed E-state index contributed by atoms with van der Waals surface area (Å²) < 4.78 is 39.0. The topological polar surface area (TPSA) is 20.2 Å². The summed E-state index contributed by atoms with van der Waals surface area (Å²) in [5.41, 5.74) is 0. The summed E-state index contributed by atoms with van der Waals surface area (Å²) in [6.07, 6.45) is 10.8. The van der Waals surface area contributed by atoms with Crippen LogP contribution in [0.4, 0.5) is 17.3 Å². The van der Waals surface area contributed by atoms with Crippen LogP contribution in [0.15, 0.2) is 79.6 Å². The molecule has 0 unspecified atom stereocenters. The third-order valence-electron chi connectivity index (χ3n) is 4.40. The molecule has 1 nitrogen and oxygen atoms in total. The van der Waals surface area contributed by atoms with Gasteiger partial charge in [0.05, 0.1) is 20.7 Å². The Hall–Kier alpha value is -1.38. The van der Waals surface area contributed by atoms with E-state index in [0.29, 0.717) is 6.61 Å². The van der Waals surface area contributed by atoms with Gasteiger partial charge >= 0.3 is 7.25 Å². The Labute approximate surface area is 183 Å². The fraction of sp³-hybridized carbons (Fsp3) is 0.364. The molecule has 0 atom stereocenters. The second-order valence-electron chi connectivity index (χ2n) is 6.83. The van der Waals surface area contributed by atoms with E-state index in [-0.39, 0.29) is 10.9 Å². The van der Waals surface area contributed by atoms with Crippen molar-refractivity contribution >= 4 is 29.9 Å². The number of hydrogen-bond donors (Lipinski definition) is 1. The minimum Gasteiger partial charge on any atom is -0.418 e. The largest absolute Gasteiger partial charge is 0.673 e. The molecule has 0 aromatic heterocycles. The number of fused-ring (bicyclic) bond motifs is 2. The van der Waals surface area contributed by atoms with E-state index in [4.69, 9.17) is 5.11 Å². The van der Waals surface area contributed by atoms with Crippen LogP contribution in [0.5, 0.6) is 0 Å². The normalized spacial score (nSPS) is 13.5. The van der Waals surface area contributed by atoms with Crippen molar-refractivity contribution in [1.82, 2.24) is 0 Å². The van der Waals surface area contributed by atoms with Gasteiger partial charge < -0.3 is 22.4 Å². The Bertz CT molecular complexity index is 747. The molecule has 0 bridgehead atoms. The van der Waals surface area contributed by atoms with Crippen LogP contribution < -0.4 is 0 Å². The third kappa shape index (κ3) is 9.19. The molecule has 2 aromatic rings. The number of benzene rings is 2. The van der Waals surface area contributed by atoms with Crippen molar-refractivity contribution in [3.63, 3.8) is 0 Å². The lowest BCUT2D eigenvalue weighted by Crippen LogP contribution is -2.07. The molecule has 1 aliphatic heterocycles. The molecule has 0 radical (unpaired) electrons.